The Morgan fingerprint density at radius 1 is 1.09 bits per heavy atom. The van der Waals surface area contributed by atoms with Gasteiger partial charge in [-0.05, 0) is 19.4 Å². The third kappa shape index (κ3) is 18.0. The summed E-state index contributed by atoms with van der Waals surface area (Å²) in [4.78, 5) is 0. The van der Waals surface area contributed by atoms with Crippen molar-refractivity contribution < 1.29 is 0 Å². The minimum atomic E-state index is 0. The lowest BCUT2D eigenvalue weighted by Gasteiger charge is -1.95. The standard InChI is InChI=1S/C8H18N.2ClH/c1-2-3-4-5-6-7-8-9;;/h6H,2-5,7-9H2,1H3;2*1H. The average Bonchev–Trinajstić information content (AvgIpc) is 1.89. The van der Waals surface area contributed by atoms with Gasteiger partial charge in [-0.25, -0.2) is 0 Å². The summed E-state index contributed by atoms with van der Waals surface area (Å²) in [7, 11) is 0. The Morgan fingerprint density at radius 3 is 2.18 bits per heavy atom. The molecule has 0 aliphatic rings. The molecule has 0 atom stereocenters. The molecule has 2 N–H and O–H groups in total. The highest BCUT2D eigenvalue weighted by Gasteiger charge is 1.86. The van der Waals surface area contributed by atoms with Crippen molar-refractivity contribution in [3.05, 3.63) is 6.42 Å². The monoisotopic (exact) mass is 200 g/mol. The molecule has 1 radical (unpaired) electrons. The van der Waals surface area contributed by atoms with Crippen LogP contribution < -0.4 is 5.73 Å². The Balaban J connectivity index is -0.000000320. The third-order valence-electron chi connectivity index (χ3n) is 1.38. The number of rotatable bonds is 6. The first-order chi connectivity index (χ1) is 4.41. The van der Waals surface area contributed by atoms with Gasteiger partial charge in [0.2, 0.25) is 0 Å². The quantitative estimate of drug-likeness (QED) is 0.657. The zero-order valence-electron chi connectivity index (χ0n) is 7.21. The molecule has 0 amide bonds. The second-order valence-corrected chi connectivity index (χ2v) is 2.36. The number of hydrogen-bond acceptors (Lipinski definition) is 1. The third-order valence-corrected chi connectivity index (χ3v) is 1.38. The fourth-order valence-corrected chi connectivity index (χ4v) is 0.801. The van der Waals surface area contributed by atoms with Crippen molar-refractivity contribution in [2.45, 2.75) is 39.0 Å². The van der Waals surface area contributed by atoms with E-state index in [0.717, 1.165) is 13.0 Å². The molecule has 0 fully saturated rings. The number of unbranched alkanes of at least 4 members (excludes halogenated alkanes) is 5. The van der Waals surface area contributed by atoms with E-state index in [1.807, 2.05) is 0 Å². The molecule has 0 rings (SSSR count). The molecule has 0 aromatic carbocycles. The lowest BCUT2D eigenvalue weighted by molar-refractivity contribution is 0.692. The van der Waals surface area contributed by atoms with Gasteiger partial charge in [0.15, 0.2) is 0 Å². The van der Waals surface area contributed by atoms with E-state index in [-0.39, 0.29) is 24.8 Å². The normalized spacial score (nSPS) is 8.18. The molecule has 1 nitrogen and oxygen atoms in total. The van der Waals surface area contributed by atoms with E-state index in [2.05, 4.69) is 13.3 Å². The number of hydrogen-bond donors (Lipinski definition) is 1. The summed E-state index contributed by atoms with van der Waals surface area (Å²) in [6, 6.07) is 0. The van der Waals surface area contributed by atoms with Crippen molar-refractivity contribution in [1.82, 2.24) is 0 Å². The molecular weight excluding hydrogens is 181 g/mol. The minimum absolute atomic E-state index is 0. The molecule has 0 bridgehead atoms. The molecule has 0 aliphatic heterocycles. The smallest absolute Gasteiger partial charge is 0.00745 e. The molecular formula is C8H20Cl2N. The summed E-state index contributed by atoms with van der Waals surface area (Å²) >= 11 is 0. The van der Waals surface area contributed by atoms with Gasteiger partial charge in [0.05, 0.1) is 0 Å². The topological polar surface area (TPSA) is 26.0 Å². The van der Waals surface area contributed by atoms with E-state index < -0.39 is 0 Å². The van der Waals surface area contributed by atoms with E-state index in [9.17, 15) is 0 Å². The summed E-state index contributed by atoms with van der Waals surface area (Å²) in [6.07, 6.45) is 8.65. The van der Waals surface area contributed by atoms with Crippen LogP contribution in [0.1, 0.15) is 39.0 Å². The zero-order chi connectivity index (χ0) is 6.95. The number of nitrogens with two attached hydrogens (primary N) is 1. The summed E-state index contributed by atoms with van der Waals surface area (Å²) in [5, 5.41) is 0. The fourth-order valence-electron chi connectivity index (χ4n) is 0.801. The summed E-state index contributed by atoms with van der Waals surface area (Å²) in [5.74, 6) is 0. The van der Waals surface area contributed by atoms with E-state index in [1.165, 1.54) is 25.7 Å². The van der Waals surface area contributed by atoms with Gasteiger partial charge in [-0.1, -0.05) is 32.6 Å². The first-order valence-corrected chi connectivity index (χ1v) is 3.93. The lowest BCUT2D eigenvalue weighted by atomic mass is 10.1. The first-order valence-electron chi connectivity index (χ1n) is 3.93. The Kier molecular flexibility index (Phi) is 27.0. The van der Waals surface area contributed by atoms with Crippen LogP contribution in [0.2, 0.25) is 0 Å². The fraction of sp³-hybridized carbons (Fsp3) is 0.875. The Morgan fingerprint density at radius 2 is 1.73 bits per heavy atom. The summed E-state index contributed by atoms with van der Waals surface area (Å²) < 4.78 is 0. The maximum Gasteiger partial charge on any atom is -0.00745 e. The van der Waals surface area contributed by atoms with Crippen molar-refractivity contribution in [2.24, 2.45) is 5.73 Å². The number of halogens is 2. The highest BCUT2D eigenvalue weighted by molar-refractivity contribution is 5.85. The van der Waals surface area contributed by atoms with Gasteiger partial charge in [0, 0.05) is 0 Å². The zero-order valence-corrected chi connectivity index (χ0v) is 8.85. The van der Waals surface area contributed by atoms with Gasteiger partial charge in [0.1, 0.15) is 0 Å². The van der Waals surface area contributed by atoms with E-state index >= 15 is 0 Å². The van der Waals surface area contributed by atoms with Gasteiger partial charge in [0.25, 0.3) is 0 Å². The molecule has 11 heavy (non-hydrogen) atoms. The van der Waals surface area contributed by atoms with Crippen molar-refractivity contribution in [3.63, 3.8) is 0 Å². The van der Waals surface area contributed by atoms with Crippen LogP contribution in [-0.2, 0) is 0 Å². The van der Waals surface area contributed by atoms with Crippen LogP contribution in [0, 0.1) is 6.42 Å². The molecule has 0 saturated heterocycles. The van der Waals surface area contributed by atoms with Crippen LogP contribution in [0.15, 0.2) is 0 Å². The van der Waals surface area contributed by atoms with E-state index in [0.29, 0.717) is 0 Å². The molecule has 3 heteroatoms. The molecule has 0 aromatic heterocycles. The maximum atomic E-state index is 5.31. The van der Waals surface area contributed by atoms with Crippen LogP contribution in [0.3, 0.4) is 0 Å². The van der Waals surface area contributed by atoms with Crippen LogP contribution in [-0.4, -0.2) is 6.54 Å². The molecule has 0 aliphatic carbocycles. The molecule has 0 aromatic rings. The SMILES string of the molecule is CCCCC[CH]CCN.Cl.Cl. The van der Waals surface area contributed by atoms with Crippen LogP contribution in [0.25, 0.3) is 0 Å². The Labute approximate surface area is 82.9 Å². The van der Waals surface area contributed by atoms with Gasteiger partial charge in [-0.2, -0.15) is 0 Å². The second kappa shape index (κ2) is 16.9. The van der Waals surface area contributed by atoms with Gasteiger partial charge in [-0.15, -0.1) is 24.8 Å². The lowest BCUT2D eigenvalue weighted by Crippen LogP contribution is -1.97. The van der Waals surface area contributed by atoms with Crippen molar-refractivity contribution >= 4 is 24.8 Å². The summed E-state index contributed by atoms with van der Waals surface area (Å²) in [5.41, 5.74) is 5.31. The molecule has 0 spiro atoms. The molecule has 0 heterocycles. The summed E-state index contributed by atoms with van der Waals surface area (Å²) in [6.45, 7) is 3.04. The van der Waals surface area contributed by atoms with Crippen LogP contribution in [0.5, 0.6) is 0 Å². The van der Waals surface area contributed by atoms with Crippen LogP contribution >= 0.6 is 24.8 Å². The highest BCUT2D eigenvalue weighted by atomic mass is 35.5. The highest BCUT2D eigenvalue weighted by Crippen LogP contribution is 2.02. The van der Waals surface area contributed by atoms with E-state index in [1.54, 1.807) is 0 Å². The first kappa shape index (κ1) is 17.6. The van der Waals surface area contributed by atoms with Gasteiger partial charge >= 0.3 is 0 Å². The van der Waals surface area contributed by atoms with Crippen molar-refractivity contribution in [3.8, 4) is 0 Å². The van der Waals surface area contributed by atoms with Crippen molar-refractivity contribution in [2.75, 3.05) is 6.54 Å². The Bertz CT molecular complexity index is 45.4. The molecule has 71 valence electrons. The maximum absolute atomic E-state index is 5.31. The van der Waals surface area contributed by atoms with Gasteiger partial charge < -0.3 is 5.73 Å². The predicted octanol–water partition coefficient (Wildman–Crippen LogP) is 2.96. The molecule has 0 unspecified atom stereocenters. The van der Waals surface area contributed by atoms with E-state index in [4.69, 9.17) is 5.73 Å². The average molecular weight is 201 g/mol. The van der Waals surface area contributed by atoms with Gasteiger partial charge in [-0.3, -0.25) is 0 Å². The molecule has 0 saturated carbocycles. The van der Waals surface area contributed by atoms with Crippen LogP contribution in [0.4, 0.5) is 0 Å². The van der Waals surface area contributed by atoms with Crippen molar-refractivity contribution in [1.29, 1.82) is 0 Å². The Hall–Kier alpha value is 0.540. The minimum Gasteiger partial charge on any atom is -0.330 e. The largest absolute Gasteiger partial charge is 0.330 e. The predicted molar refractivity (Wildman–Crippen MR) is 56.6 cm³/mol. The second-order valence-electron chi connectivity index (χ2n) is 2.36.